The number of benzene rings is 1. The number of thiophene rings is 1. The number of nitrogens with zero attached hydrogens (tertiary/aromatic N) is 5. The average molecular weight is 579 g/mol. The third kappa shape index (κ3) is 5.70. The number of rotatable bonds is 9. The van der Waals surface area contributed by atoms with Crippen molar-refractivity contribution in [2.45, 2.75) is 13.1 Å². The Hall–Kier alpha value is -4.06. The minimum atomic E-state index is -0.368. The van der Waals surface area contributed by atoms with Gasteiger partial charge < -0.3 is 10.2 Å². The molecule has 0 atom stereocenters. The molecule has 1 N–H and O–H groups in total. The van der Waals surface area contributed by atoms with Crippen molar-refractivity contribution in [1.82, 2.24) is 18.7 Å². The number of halogens is 1. The molecule has 4 aromatic heterocycles. The smallest absolute Gasteiger partial charge is 0.291 e. The van der Waals surface area contributed by atoms with Gasteiger partial charge >= 0.3 is 0 Å². The molecule has 5 aromatic rings. The van der Waals surface area contributed by atoms with Crippen LogP contribution in [-0.4, -0.2) is 44.5 Å². The fourth-order valence-electron chi connectivity index (χ4n) is 4.05. The molecular formula is C27H23ClN6O3S2. The first-order valence-electron chi connectivity index (χ1n) is 11.8. The maximum atomic E-state index is 13.4. The van der Waals surface area contributed by atoms with Crippen molar-refractivity contribution in [3.8, 4) is 11.4 Å². The zero-order chi connectivity index (χ0) is 27.5. The van der Waals surface area contributed by atoms with E-state index < -0.39 is 0 Å². The number of nitrogens with one attached hydrogen (secondary N) is 1. The first kappa shape index (κ1) is 26.5. The molecule has 0 saturated heterocycles. The second kappa shape index (κ2) is 11.4. The molecule has 5 rings (SSSR count). The summed E-state index contributed by atoms with van der Waals surface area (Å²) in [4.78, 5) is 42.9. The molecule has 0 radical (unpaired) electrons. The van der Waals surface area contributed by atoms with Crippen LogP contribution in [0.2, 0.25) is 4.34 Å². The molecule has 0 aliphatic heterocycles. The van der Waals surface area contributed by atoms with Crippen LogP contribution in [0, 0.1) is 0 Å². The van der Waals surface area contributed by atoms with Crippen LogP contribution in [0.3, 0.4) is 0 Å². The van der Waals surface area contributed by atoms with Gasteiger partial charge in [-0.25, -0.2) is 4.37 Å². The van der Waals surface area contributed by atoms with Crippen LogP contribution in [-0.2, 0) is 13.1 Å². The fraction of sp³-hybridized carbons (Fsp3) is 0.148. The predicted molar refractivity (Wildman–Crippen MR) is 156 cm³/mol. The van der Waals surface area contributed by atoms with E-state index in [0.29, 0.717) is 44.2 Å². The third-order valence-corrected chi connectivity index (χ3v) is 7.87. The highest BCUT2D eigenvalue weighted by Gasteiger charge is 2.24. The molecule has 39 heavy (non-hydrogen) atoms. The number of ketones is 1. The van der Waals surface area contributed by atoms with Gasteiger partial charge in [-0.3, -0.25) is 19.0 Å². The van der Waals surface area contributed by atoms with Crippen molar-refractivity contribution in [3.63, 3.8) is 0 Å². The van der Waals surface area contributed by atoms with Crippen LogP contribution in [0.15, 0.2) is 77.7 Å². The minimum absolute atomic E-state index is 0.189. The van der Waals surface area contributed by atoms with E-state index in [2.05, 4.69) is 14.8 Å². The number of pyridine rings is 1. The van der Waals surface area contributed by atoms with Gasteiger partial charge in [-0.15, -0.1) is 11.3 Å². The largest absolute Gasteiger partial charge is 0.376 e. The molecule has 0 unspecified atom stereocenters. The third-order valence-electron chi connectivity index (χ3n) is 5.91. The molecule has 9 nitrogen and oxygen atoms in total. The first-order chi connectivity index (χ1) is 18.8. The van der Waals surface area contributed by atoms with Crippen molar-refractivity contribution < 1.29 is 9.59 Å². The lowest BCUT2D eigenvalue weighted by atomic mass is 10.1. The molecule has 4 heterocycles. The SMILES string of the molecule is CN(C)c1ccc(=O)n(CC(=O)c2ccccc2)c1-c1cc(NCc2ccc(Cl)s2)n(C(=O)c2ccns2)n1. The molecule has 0 fully saturated rings. The van der Waals surface area contributed by atoms with Gasteiger partial charge in [-0.1, -0.05) is 41.9 Å². The summed E-state index contributed by atoms with van der Waals surface area (Å²) in [7, 11) is 3.68. The Kier molecular flexibility index (Phi) is 7.73. The number of hydrogen-bond donors (Lipinski definition) is 1. The Labute approximate surface area is 237 Å². The predicted octanol–water partition coefficient (Wildman–Crippen LogP) is 5.13. The van der Waals surface area contributed by atoms with E-state index in [4.69, 9.17) is 11.6 Å². The van der Waals surface area contributed by atoms with E-state index in [1.807, 2.05) is 37.2 Å². The summed E-state index contributed by atoms with van der Waals surface area (Å²) in [6.07, 6.45) is 1.55. The van der Waals surface area contributed by atoms with Gasteiger partial charge in [0.15, 0.2) is 5.78 Å². The highest BCUT2D eigenvalue weighted by molar-refractivity contribution is 7.16. The molecule has 0 amide bonds. The number of Topliss-reactive ketones (excluding diaryl/α,β-unsaturated/α-hetero) is 1. The molecule has 12 heteroatoms. The maximum Gasteiger partial charge on any atom is 0.291 e. The summed E-state index contributed by atoms with van der Waals surface area (Å²) in [5.41, 5.74) is 1.60. The zero-order valence-corrected chi connectivity index (χ0v) is 23.4. The zero-order valence-electron chi connectivity index (χ0n) is 21.0. The second-order valence-corrected chi connectivity index (χ2v) is 11.4. The fourth-order valence-corrected chi connectivity index (χ4v) is 5.60. The highest BCUT2D eigenvalue weighted by atomic mass is 35.5. The van der Waals surface area contributed by atoms with Crippen molar-refractivity contribution in [1.29, 1.82) is 0 Å². The van der Waals surface area contributed by atoms with Crippen molar-refractivity contribution in [2.24, 2.45) is 0 Å². The van der Waals surface area contributed by atoms with Crippen LogP contribution in [0.4, 0.5) is 11.5 Å². The summed E-state index contributed by atoms with van der Waals surface area (Å²) in [6, 6.07) is 19.0. The monoisotopic (exact) mass is 578 g/mol. The first-order valence-corrected chi connectivity index (χ1v) is 13.8. The summed E-state index contributed by atoms with van der Waals surface area (Å²) in [5.74, 6) is -0.162. The molecule has 0 bridgehead atoms. The Morgan fingerprint density at radius 2 is 1.85 bits per heavy atom. The van der Waals surface area contributed by atoms with Gasteiger partial charge in [0, 0.05) is 42.9 Å². The molecular weight excluding hydrogens is 556 g/mol. The topological polar surface area (TPSA) is 102 Å². The lowest BCUT2D eigenvalue weighted by Gasteiger charge is -2.20. The second-order valence-electron chi connectivity index (χ2n) is 8.74. The maximum absolute atomic E-state index is 13.4. The standard InChI is InChI=1S/C27H23ClN6O3S2/c1-32(2)20-9-11-25(36)33(16-21(35)17-6-4-3-5-7-17)26(20)19-14-24(29-15-18-8-10-23(28)38-18)34(31-19)27(37)22-12-13-30-39-22/h3-14,29H,15-16H2,1-2H3. The Morgan fingerprint density at radius 1 is 1.05 bits per heavy atom. The number of aromatic nitrogens is 4. The molecule has 0 aliphatic rings. The van der Waals surface area contributed by atoms with Crippen LogP contribution in [0.25, 0.3) is 11.4 Å². The summed E-state index contributed by atoms with van der Waals surface area (Å²) in [6.45, 7) is 0.221. The van der Waals surface area contributed by atoms with E-state index >= 15 is 0 Å². The van der Waals surface area contributed by atoms with Crippen molar-refractivity contribution in [2.75, 3.05) is 24.3 Å². The minimum Gasteiger partial charge on any atom is -0.376 e. The normalized spacial score (nSPS) is 10.9. The van der Waals surface area contributed by atoms with Gasteiger partial charge in [-0.05, 0) is 35.8 Å². The van der Waals surface area contributed by atoms with Crippen molar-refractivity contribution in [3.05, 3.63) is 103 Å². The van der Waals surface area contributed by atoms with E-state index in [9.17, 15) is 14.4 Å². The lowest BCUT2D eigenvalue weighted by molar-refractivity contribution is 0.0948. The highest BCUT2D eigenvalue weighted by Crippen LogP contribution is 2.31. The Morgan fingerprint density at radius 3 is 2.51 bits per heavy atom. The Bertz CT molecular complexity index is 1690. The number of hydrogen-bond acceptors (Lipinski definition) is 9. The van der Waals surface area contributed by atoms with Crippen LogP contribution in [0.5, 0.6) is 0 Å². The molecule has 0 saturated carbocycles. The van der Waals surface area contributed by atoms with Gasteiger partial charge in [-0.2, -0.15) is 9.78 Å². The number of carbonyl (C=O) groups is 2. The summed E-state index contributed by atoms with van der Waals surface area (Å²) < 4.78 is 7.36. The van der Waals surface area contributed by atoms with Gasteiger partial charge in [0.05, 0.1) is 28.8 Å². The Balaban J connectivity index is 1.62. The van der Waals surface area contributed by atoms with E-state index in [0.717, 1.165) is 16.4 Å². The molecule has 0 aliphatic carbocycles. The van der Waals surface area contributed by atoms with E-state index in [1.165, 1.54) is 26.7 Å². The van der Waals surface area contributed by atoms with Crippen LogP contribution >= 0.6 is 34.5 Å². The average Bonchev–Trinajstić information content (AvgIpc) is 3.70. The van der Waals surface area contributed by atoms with Crippen molar-refractivity contribution >= 4 is 57.7 Å². The van der Waals surface area contributed by atoms with Crippen LogP contribution < -0.4 is 15.8 Å². The lowest BCUT2D eigenvalue weighted by Crippen LogP contribution is -2.27. The summed E-state index contributed by atoms with van der Waals surface area (Å²) in [5, 5.41) is 7.91. The van der Waals surface area contributed by atoms with E-state index in [1.54, 1.807) is 48.7 Å². The van der Waals surface area contributed by atoms with Crippen LogP contribution in [0.1, 0.15) is 24.9 Å². The number of carbonyl (C=O) groups excluding carboxylic acids is 2. The van der Waals surface area contributed by atoms with E-state index in [-0.39, 0.29) is 23.8 Å². The van der Waals surface area contributed by atoms with Gasteiger partial charge in [0.2, 0.25) is 0 Å². The van der Waals surface area contributed by atoms with Gasteiger partial charge in [0.25, 0.3) is 11.5 Å². The molecule has 198 valence electrons. The molecule has 0 spiro atoms. The molecule has 1 aromatic carbocycles. The quantitative estimate of drug-likeness (QED) is 0.242. The summed E-state index contributed by atoms with van der Waals surface area (Å²) >= 11 is 8.58. The van der Waals surface area contributed by atoms with Gasteiger partial charge in [0.1, 0.15) is 16.4 Å². The number of anilines is 2.